The lowest BCUT2D eigenvalue weighted by Gasteiger charge is -2.14. The highest BCUT2D eigenvalue weighted by Crippen LogP contribution is 2.26. The van der Waals surface area contributed by atoms with E-state index in [-0.39, 0.29) is 0 Å². The van der Waals surface area contributed by atoms with Crippen molar-refractivity contribution in [3.63, 3.8) is 0 Å². The van der Waals surface area contributed by atoms with Gasteiger partial charge in [-0.25, -0.2) is 0 Å². The van der Waals surface area contributed by atoms with E-state index < -0.39 is 0 Å². The van der Waals surface area contributed by atoms with E-state index in [0.29, 0.717) is 0 Å². The molecule has 0 aliphatic carbocycles. The molecule has 1 aliphatic rings. The first-order chi connectivity index (χ1) is 7.28. The van der Waals surface area contributed by atoms with E-state index in [0.717, 1.165) is 29.1 Å². The van der Waals surface area contributed by atoms with Crippen molar-refractivity contribution in [2.24, 2.45) is 5.92 Å². The summed E-state index contributed by atoms with van der Waals surface area (Å²) in [6, 6.07) is 4.11. The summed E-state index contributed by atoms with van der Waals surface area (Å²) >= 11 is 13.4. The molecule has 0 spiro atoms. The van der Waals surface area contributed by atoms with E-state index in [9.17, 15) is 0 Å². The average Bonchev–Trinajstić information content (AvgIpc) is 2.78. The van der Waals surface area contributed by atoms with Crippen LogP contribution in [0.2, 0.25) is 4.34 Å². The minimum absolute atomic E-state index is 0.795. The van der Waals surface area contributed by atoms with Gasteiger partial charge < -0.3 is 0 Å². The van der Waals surface area contributed by atoms with Gasteiger partial charge in [-0.1, -0.05) is 11.6 Å². The summed E-state index contributed by atoms with van der Waals surface area (Å²) in [5.41, 5.74) is 0. The van der Waals surface area contributed by atoms with Gasteiger partial charge in [-0.2, -0.15) is 0 Å². The number of rotatable bonds is 4. The average molecular weight is 264 g/mol. The summed E-state index contributed by atoms with van der Waals surface area (Å²) in [5, 5.41) is 0. The van der Waals surface area contributed by atoms with Crippen LogP contribution in [-0.4, -0.2) is 23.9 Å². The maximum atomic E-state index is 5.91. The van der Waals surface area contributed by atoms with Gasteiger partial charge in [-0.15, -0.1) is 22.9 Å². The van der Waals surface area contributed by atoms with Gasteiger partial charge in [0.05, 0.1) is 4.34 Å². The predicted molar refractivity (Wildman–Crippen MR) is 68.1 cm³/mol. The number of hydrogen-bond acceptors (Lipinski definition) is 2. The molecule has 1 aromatic rings. The van der Waals surface area contributed by atoms with Crippen molar-refractivity contribution in [3.8, 4) is 0 Å². The zero-order valence-electron chi connectivity index (χ0n) is 8.59. The highest BCUT2D eigenvalue weighted by atomic mass is 35.5. The summed E-state index contributed by atoms with van der Waals surface area (Å²) in [7, 11) is 0. The fraction of sp³-hybridized carbons (Fsp3) is 0.636. The molecule has 0 amide bonds. The van der Waals surface area contributed by atoms with E-state index in [1.54, 1.807) is 11.3 Å². The summed E-state index contributed by atoms with van der Waals surface area (Å²) in [6.45, 7) is 3.45. The zero-order valence-corrected chi connectivity index (χ0v) is 10.9. The van der Waals surface area contributed by atoms with Gasteiger partial charge in [0.25, 0.3) is 0 Å². The van der Waals surface area contributed by atoms with Gasteiger partial charge in [0.2, 0.25) is 0 Å². The molecule has 15 heavy (non-hydrogen) atoms. The quantitative estimate of drug-likeness (QED) is 0.746. The molecule has 1 saturated heterocycles. The number of alkyl halides is 1. The fourth-order valence-electron chi connectivity index (χ4n) is 2.10. The van der Waals surface area contributed by atoms with Crippen molar-refractivity contribution < 1.29 is 0 Å². The Hall–Kier alpha value is 0.240. The Balaban J connectivity index is 1.82. The Morgan fingerprint density at radius 1 is 1.47 bits per heavy atom. The van der Waals surface area contributed by atoms with Crippen LogP contribution in [0.5, 0.6) is 0 Å². The molecular weight excluding hydrogens is 249 g/mol. The molecule has 2 heterocycles. The monoisotopic (exact) mass is 263 g/mol. The van der Waals surface area contributed by atoms with Crippen LogP contribution in [0.1, 0.15) is 17.7 Å². The minimum Gasteiger partial charge on any atom is -0.298 e. The number of thiophene rings is 1. The Morgan fingerprint density at radius 2 is 2.33 bits per heavy atom. The van der Waals surface area contributed by atoms with Crippen molar-refractivity contribution in [2.45, 2.75) is 19.4 Å². The summed E-state index contributed by atoms with van der Waals surface area (Å²) in [4.78, 5) is 3.87. The number of hydrogen-bond donors (Lipinski definition) is 0. The topological polar surface area (TPSA) is 3.24 Å². The molecule has 0 radical (unpaired) electrons. The van der Waals surface area contributed by atoms with Crippen LogP contribution < -0.4 is 0 Å². The van der Waals surface area contributed by atoms with E-state index >= 15 is 0 Å². The molecule has 1 nitrogen and oxygen atoms in total. The van der Waals surface area contributed by atoms with Crippen LogP contribution in [0.3, 0.4) is 0 Å². The molecule has 2 rings (SSSR count). The van der Waals surface area contributed by atoms with E-state index in [1.807, 2.05) is 6.07 Å². The molecule has 1 unspecified atom stereocenters. The molecule has 1 atom stereocenters. The third-order valence-corrected chi connectivity index (χ3v) is 4.33. The standard InChI is InChI=1S/C11H15Cl2NS/c12-5-3-9-4-6-14(7-9)8-10-1-2-11(13)15-10/h1-2,9H,3-8H2. The van der Waals surface area contributed by atoms with Gasteiger partial charge >= 0.3 is 0 Å². The molecule has 0 bridgehead atoms. The number of nitrogens with zero attached hydrogens (tertiary/aromatic N) is 1. The summed E-state index contributed by atoms with van der Waals surface area (Å²) in [6.07, 6.45) is 2.45. The lowest BCUT2D eigenvalue weighted by molar-refractivity contribution is 0.318. The highest BCUT2D eigenvalue weighted by Gasteiger charge is 2.21. The highest BCUT2D eigenvalue weighted by molar-refractivity contribution is 7.16. The molecule has 0 aromatic carbocycles. The molecule has 84 valence electrons. The van der Waals surface area contributed by atoms with Gasteiger partial charge in [0.1, 0.15) is 0 Å². The van der Waals surface area contributed by atoms with Crippen molar-refractivity contribution in [1.29, 1.82) is 0 Å². The maximum Gasteiger partial charge on any atom is 0.0931 e. The van der Waals surface area contributed by atoms with E-state index in [4.69, 9.17) is 23.2 Å². The van der Waals surface area contributed by atoms with E-state index in [2.05, 4.69) is 11.0 Å². The summed E-state index contributed by atoms with van der Waals surface area (Å²) < 4.78 is 0.890. The third kappa shape index (κ3) is 3.35. The molecule has 0 N–H and O–H groups in total. The van der Waals surface area contributed by atoms with Crippen molar-refractivity contribution in [1.82, 2.24) is 4.90 Å². The van der Waals surface area contributed by atoms with Crippen molar-refractivity contribution >= 4 is 34.5 Å². The van der Waals surface area contributed by atoms with Gasteiger partial charge in [-0.3, -0.25) is 4.90 Å². The first-order valence-corrected chi connectivity index (χ1v) is 7.03. The number of halogens is 2. The first-order valence-electron chi connectivity index (χ1n) is 5.30. The molecule has 1 aliphatic heterocycles. The Kier molecular flexibility index (Phi) is 4.32. The van der Waals surface area contributed by atoms with Crippen LogP contribution in [0.15, 0.2) is 12.1 Å². The van der Waals surface area contributed by atoms with Crippen LogP contribution in [0.25, 0.3) is 0 Å². The maximum absolute atomic E-state index is 5.91. The molecule has 4 heteroatoms. The van der Waals surface area contributed by atoms with Gasteiger partial charge in [0, 0.05) is 23.8 Å². The van der Waals surface area contributed by atoms with Crippen LogP contribution >= 0.6 is 34.5 Å². The van der Waals surface area contributed by atoms with Crippen molar-refractivity contribution in [3.05, 3.63) is 21.3 Å². The molecular formula is C11H15Cl2NS. The van der Waals surface area contributed by atoms with Crippen LogP contribution in [0, 0.1) is 5.92 Å². The van der Waals surface area contributed by atoms with Crippen LogP contribution in [0.4, 0.5) is 0 Å². The number of likely N-dealkylation sites (tertiary alicyclic amines) is 1. The Bertz CT molecular complexity index is 313. The molecule has 1 aromatic heterocycles. The second-order valence-corrected chi connectivity index (χ2v) is 6.25. The lowest BCUT2D eigenvalue weighted by atomic mass is 10.1. The lowest BCUT2D eigenvalue weighted by Crippen LogP contribution is -2.19. The fourth-order valence-corrected chi connectivity index (χ4v) is 3.54. The van der Waals surface area contributed by atoms with Crippen molar-refractivity contribution in [2.75, 3.05) is 19.0 Å². The molecule has 0 saturated carbocycles. The zero-order chi connectivity index (χ0) is 10.7. The largest absolute Gasteiger partial charge is 0.298 e. The SMILES string of the molecule is ClCCC1CCN(Cc2ccc(Cl)s2)C1. The van der Waals surface area contributed by atoms with E-state index in [1.165, 1.54) is 24.4 Å². The molecule has 1 fully saturated rings. The normalized spacial score (nSPS) is 22.4. The second-order valence-electron chi connectivity index (χ2n) is 4.07. The summed E-state index contributed by atoms with van der Waals surface area (Å²) in [5.74, 6) is 1.60. The first kappa shape index (κ1) is 11.7. The van der Waals surface area contributed by atoms with Gasteiger partial charge in [0.15, 0.2) is 0 Å². The minimum atomic E-state index is 0.795. The smallest absolute Gasteiger partial charge is 0.0931 e. The van der Waals surface area contributed by atoms with Gasteiger partial charge in [-0.05, 0) is 37.4 Å². The Labute approximate surface area is 105 Å². The Morgan fingerprint density at radius 3 is 3.00 bits per heavy atom. The third-order valence-electron chi connectivity index (χ3n) is 2.90. The second kappa shape index (κ2) is 5.53. The van der Waals surface area contributed by atoms with Crippen LogP contribution in [-0.2, 0) is 6.54 Å². The predicted octanol–water partition coefficient (Wildman–Crippen LogP) is 3.85.